The summed E-state index contributed by atoms with van der Waals surface area (Å²) >= 11 is 0. The lowest BCUT2D eigenvalue weighted by Gasteiger charge is -2.16. The summed E-state index contributed by atoms with van der Waals surface area (Å²) < 4.78 is 0. The summed E-state index contributed by atoms with van der Waals surface area (Å²) in [5.74, 6) is 0.234. The van der Waals surface area contributed by atoms with Crippen LogP contribution in [0.2, 0.25) is 0 Å². The molecule has 0 amide bonds. The van der Waals surface area contributed by atoms with Gasteiger partial charge in [-0.2, -0.15) is 0 Å². The largest absolute Gasteiger partial charge is 0.480 e. The Hall–Kier alpha value is -0.570. The van der Waals surface area contributed by atoms with Crippen molar-refractivity contribution in [3.8, 4) is 0 Å². The van der Waals surface area contributed by atoms with Crippen LogP contribution in [0.25, 0.3) is 0 Å². The molecule has 0 saturated carbocycles. The molecular formula is C9H17NO2. The molecule has 12 heavy (non-hydrogen) atoms. The lowest BCUT2D eigenvalue weighted by molar-refractivity contribution is -0.140. The van der Waals surface area contributed by atoms with Crippen molar-refractivity contribution in [3.05, 3.63) is 0 Å². The molecule has 2 N–H and O–H groups in total. The van der Waals surface area contributed by atoms with E-state index in [0.29, 0.717) is 11.8 Å². The summed E-state index contributed by atoms with van der Waals surface area (Å²) in [6, 6.07) is -0.299. The number of hydrogen-bond donors (Lipinski definition) is 2. The minimum atomic E-state index is -0.696. The van der Waals surface area contributed by atoms with Gasteiger partial charge in [-0.05, 0) is 31.2 Å². The van der Waals surface area contributed by atoms with Crippen LogP contribution in [0.15, 0.2) is 0 Å². The number of carboxylic acids is 1. The number of aliphatic carboxylic acids is 1. The lowest BCUT2D eigenvalue weighted by Crippen LogP contribution is -2.35. The Morgan fingerprint density at radius 3 is 2.83 bits per heavy atom. The highest BCUT2D eigenvalue weighted by Crippen LogP contribution is 2.23. The summed E-state index contributed by atoms with van der Waals surface area (Å²) in [5.41, 5.74) is 0. The lowest BCUT2D eigenvalue weighted by atomic mass is 9.91. The van der Waals surface area contributed by atoms with E-state index in [-0.39, 0.29) is 6.04 Å². The van der Waals surface area contributed by atoms with Crippen molar-refractivity contribution >= 4 is 5.97 Å². The van der Waals surface area contributed by atoms with Crippen LogP contribution in [-0.2, 0) is 4.79 Å². The van der Waals surface area contributed by atoms with Gasteiger partial charge in [-0.25, -0.2) is 0 Å². The summed E-state index contributed by atoms with van der Waals surface area (Å²) in [6.07, 6.45) is 2.03. The Kier molecular flexibility index (Phi) is 3.09. The van der Waals surface area contributed by atoms with Crippen LogP contribution in [-0.4, -0.2) is 23.7 Å². The van der Waals surface area contributed by atoms with Crippen molar-refractivity contribution in [1.82, 2.24) is 5.32 Å². The van der Waals surface area contributed by atoms with Gasteiger partial charge in [-0.15, -0.1) is 0 Å². The minimum Gasteiger partial charge on any atom is -0.480 e. The highest BCUT2D eigenvalue weighted by Gasteiger charge is 2.32. The Bertz CT molecular complexity index is 168. The van der Waals surface area contributed by atoms with E-state index in [1.807, 2.05) is 0 Å². The predicted octanol–water partition coefficient (Wildman–Crippen LogP) is 1.10. The standard InChI is InChI=1S/C9H17NO2/c1-6(2)5-7-3-4-10-8(7)9(11)12/h6-8,10H,3-5H2,1-2H3,(H,11,12). The van der Waals surface area contributed by atoms with Gasteiger partial charge in [-0.3, -0.25) is 4.79 Å². The third kappa shape index (κ3) is 2.21. The fourth-order valence-corrected chi connectivity index (χ4v) is 1.91. The molecule has 3 nitrogen and oxygen atoms in total. The van der Waals surface area contributed by atoms with Crippen LogP contribution in [0.1, 0.15) is 26.7 Å². The molecule has 70 valence electrons. The SMILES string of the molecule is CC(C)CC1CCNC1C(=O)O. The maximum atomic E-state index is 10.7. The van der Waals surface area contributed by atoms with E-state index in [4.69, 9.17) is 5.11 Å². The highest BCUT2D eigenvalue weighted by atomic mass is 16.4. The normalized spacial score (nSPS) is 29.6. The van der Waals surface area contributed by atoms with Crippen LogP contribution in [0.3, 0.4) is 0 Å². The van der Waals surface area contributed by atoms with E-state index in [2.05, 4.69) is 19.2 Å². The maximum absolute atomic E-state index is 10.7. The van der Waals surface area contributed by atoms with Gasteiger partial charge in [0.1, 0.15) is 6.04 Å². The average Bonchev–Trinajstić information content (AvgIpc) is 2.33. The number of carboxylic acid groups (broad SMARTS) is 1. The van der Waals surface area contributed by atoms with Crippen molar-refractivity contribution in [3.63, 3.8) is 0 Å². The predicted molar refractivity (Wildman–Crippen MR) is 47.0 cm³/mol. The topological polar surface area (TPSA) is 49.3 Å². The summed E-state index contributed by atoms with van der Waals surface area (Å²) in [6.45, 7) is 5.13. The highest BCUT2D eigenvalue weighted by molar-refractivity contribution is 5.74. The third-order valence-corrected chi connectivity index (χ3v) is 2.39. The van der Waals surface area contributed by atoms with E-state index in [1.54, 1.807) is 0 Å². The van der Waals surface area contributed by atoms with E-state index in [0.717, 1.165) is 19.4 Å². The second-order valence-electron chi connectivity index (χ2n) is 3.95. The molecule has 1 saturated heterocycles. The zero-order valence-electron chi connectivity index (χ0n) is 7.71. The van der Waals surface area contributed by atoms with Crippen LogP contribution in [0, 0.1) is 11.8 Å². The molecule has 0 spiro atoms. The first-order valence-corrected chi connectivity index (χ1v) is 4.57. The Morgan fingerprint density at radius 2 is 2.33 bits per heavy atom. The van der Waals surface area contributed by atoms with E-state index >= 15 is 0 Å². The van der Waals surface area contributed by atoms with Gasteiger partial charge >= 0.3 is 5.97 Å². The molecule has 1 aliphatic heterocycles. The van der Waals surface area contributed by atoms with Crippen LogP contribution in [0.4, 0.5) is 0 Å². The van der Waals surface area contributed by atoms with Crippen LogP contribution < -0.4 is 5.32 Å². The molecular weight excluding hydrogens is 154 g/mol. The smallest absolute Gasteiger partial charge is 0.320 e. The minimum absolute atomic E-state index is 0.299. The molecule has 0 bridgehead atoms. The Balaban J connectivity index is 2.46. The molecule has 1 aliphatic rings. The second kappa shape index (κ2) is 3.90. The fraction of sp³-hybridized carbons (Fsp3) is 0.889. The quantitative estimate of drug-likeness (QED) is 0.668. The Morgan fingerprint density at radius 1 is 1.67 bits per heavy atom. The zero-order chi connectivity index (χ0) is 9.14. The van der Waals surface area contributed by atoms with Gasteiger partial charge in [0.2, 0.25) is 0 Å². The molecule has 1 rings (SSSR count). The molecule has 2 unspecified atom stereocenters. The molecule has 1 fully saturated rings. The monoisotopic (exact) mass is 171 g/mol. The van der Waals surface area contributed by atoms with Gasteiger partial charge in [0.15, 0.2) is 0 Å². The zero-order valence-corrected chi connectivity index (χ0v) is 7.71. The van der Waals surface area contributed by atoms with Gasteiger partial charge < -0.3 is 10.4 Å². The van der Waals surface area contributed by atoms with E-state index in [1.165, 1.54) is 0 Å². The van der Waals surface area contributed by atoms with Crippen molar-refractivity contribution in [2.24, 2.45) is 11.8 Å². The molecule has 2 atom stereocenters. The summed E-state index contributed by atoms with van der Waals surface area (Å²) in [4.78, 5) is 10.7. The molecule has 1 heterocycles. The number of carbonyl (C=O) groups is 1. The number of hydrogen-bond acceptors (Lipinski definition) is 2. The van der Waals surface area contributed by atoms with Crippen LogP contribution in [0.5, 0.6) is 0 Å². The summed E-state index contributed by atoms with van der Waals surface area (Å²) in [7, 11) is 0. The van der Waals surface area contributed by atoms with Crippen molar-refractivity contribution in [2.75, 3.05) is 6.54 Å². The third-order valence-electron chi connectivity index (χ3n) is 2.39. The first-order chi connectivity index (χ1) is 5.61. The molecule has 3 heteroatoms. The summed E-state index contributed by atoms with van der Waals surface area (Å²) in [5, 5.41) is 11.8. The van der Waals surface area contributed by atoms with Crippen molar-refractivity contribution in [2.45, 2.75) is 32.7 Å². The second-order valence-corrected chi connectivity index (χ2v) is 3.95. The molecule has 0 radical (unpaired) electrons. The molecule has 0 aromatic carbocycles. The molecule has 0 aliphatic carbocycles. The molecule has 0 aromatic rings. The molecule has 0 aromatic heterocycles. The number of nitrogens with one attached hydrogen (secondary N) is 1. The van der Waals surface area contributed by atoms with Gasteiger partial charge in [0, 0.05) is 0 Å². The van der Waals surface area contributed by atoms with E-state index < -0.39 is 5.97 Å². The first-order valence-electron chi connectivity index (χ1n) is 4.57. The van der Waals surface area contributed by atoms with Crippen LogP contribution >= 0.6 is 0 Å². The first kappa shape index (κ1) is 9.52. The van der Waals surface area contributed by atoms with Crippen molar-refractivity contribution < 1.29 is 9.90 Å². The Labute approximate surface area is 73.2 Å². The fourth-order valence-electron chi connectivity index (χ4n) is 1.91. The number of rotatable bonds is 3. The van der Waals surface area contributed by atoms with Gasteiger partial charge in [0.25, 0.3) is 0 Å². The van der Waals surface area contributed by atoms with E-state index in [9.17, 15) is 4.79 Å². The maximum Gasteiger partial charge on any atom is 0.320 e. The van der Waals surface area contributed by atoms with Crippen molar-refractivity contribution in [1.29, 1.82) is 0 Å². The van der Waals surface area contributed by atoms with Gasteiger partial charge in [-0.1, -0.05) is 13.8 Å². The van der Waals surface area contributed by atoms with Gasteiger partial charge in [0.05, 0.1) is 0 Å². The average molecular weight is 171 g/mol.